The Morgan fingerprint density at radius 3 is 2.65 bits per heavy atom. The van der Waals surface area contributed by atoms with Crippen molar-refractivity contribution in [3.05, 3.63) is 84.0 Å². The number of amides is 1. The largest absolute Gasteiger partial charge is 0.497 e. The third-order valence-electron chi connectivity index (χ3n) is 4.69. The number of rotatable bonds is 9. The van der Waals surface area contributed by atoms with E-state index < -0.39 is 0 Å². The Kier molecular flexibility index (Phi) is 7.59. The molecule has 0 saturated heterocycles. The maximum absolute atomic E-state index is 12.0. The lowest BCUT2D eigenvalue weighted by Crippen LogP contribution is -2.24. The van der Waals surface area contributed by atoms with Gasteiger partial charge in [-0.1, -0.05) is 18.2 Å². The summed E-state index contributed by atoms with van der Waals surface area (Å²) in [6, 6.07) is 13.2. The third-order valence-corrected chi connectivity index (χ3v) is 4.69. The summed E-state index contributed by atoms with van der Waals surface area (Å²) in [6.07, 6.45) is 8.55. The molecule has 1 aromatic heterocycles. The minimum Gasteiger partial charge on any atom is -0.497 e. The van der Waals surface area contributed by atoms with Crippen LogP contribution in [-0.2, 0) is 20.9 Å². The van der Waals surface area contributed by atoms with E-state index in [9.17, 15) is 9.59 Å². The monoisotopic (exact) mass is 419 g/mol. The Morgan fingerprint density at radius 2 is 1.97 bits per heavy atom. The van der Waals surface area contributed by atoms with Crippen molar-refractivity contribution < 1.29 is 19.1 Å². The number of ether oxygens (including phenoxy) is 2. The van der Waals surface area contributed by atoms with E-state index in [0.29, 0.717) is 0 Å². The van der Waals surface area contributed by atoms with Gasteiger partial charge in [-0.05, 0) is 54.0 Å². The molecule has 0 aliphatic carbocycles. The summed E-state index contributed by atoms with van der Waals surface area (Å²) >= 11 is 0. The molecule has 3 rings (SSSR count). The predicted molar refractivity (Wildman–Crippen MR) is 118 cm³/mol. The standard InChI is InChI=1S/C24H25N3O4/c1-18-15-21(27-14-13-25-17-27)7-6-20(18)16-31-24(29)11-12-26-23(28)10-5-19-3-8-22(30-2)9-4-19/h3-10,13-15,17H,11-12,16H2,1-2H3,(H,26,28)/b10-5+. The molecule has 160 valence electrons. The van der Waals surface area contributed by atoms with Gasteiger partial charge < -0.3 is 19.4 Å². The lowest BCUT2D eigenvalue weighted by atomic mass is 10.1. The molecule has 0 unspecified atom stereocenters. The van der Waals surface area contributed by atoms with E-state index in [-0.39, 0.29) is 31.4 Å². The topological polar surface area (TPSA) is 82.5 Å². The zero-order chi connectivity index (χ0) is 22.1. The number of nitrogens with zero attached hydrogens (tertiary/aromatic N) is 2. The molecule has 0 bridgehead atoms. The Hall–Kier alpha value is -3.87. The summed E-state index contributed by atoms with van der Waals surface area (Å²) in [5.74, 6) is 0.122. The average Bonchev–Trinajstić information content (AvgIpc) is 3.32. The van der Waals surface area contributed by atoms with Gasteiger partial charge in [-0.3, -0.25) is 9.59 Å². The van der Waals surface area contributed by atoms with Gasteiger partial charge in [0, 0.05) is 30.7 Å². The highest BCUT2D eigenvalue weighted by molar-refractivity contribution is 5.91. The van der Waals surface area contributed by atoms with Crippen LogP contribution in [0.25, 0.3) is 11.8 Å². The molecule has 0 spiro atoms. The van der Waals surface area contributed by atoms with Crippen LogP contribution in [0.15, 0.2) is 67.3 Å². The molecule has 0 aliphatic rings. The SMILES string of the molecule is COc1ccc(/C=C/C(=O)NCCC(=O)OCc2ccc(-n3ccnc3)cc2C)cc1. The van der Waals surface area contributed by atoms with Gasteiger partial charge in [-0.25, -0.2) is 4.98 Å². The van der Waals surface area contributed by atoms with Crippen LogP contribution < -0.4 is 10.1 Å². The van der Waals surface area contributed by atoms with E-state index in [1.807, 2.05) is 60.2 Å². The Labute approximate surface area is 181 Å². The highest BCUT2D eigenvalue weighted by Gasteiger charge is 2.07. The van der Waals surface area contributed by atoms with Crippen molar-refractivity contribution in [3.63, 3.8) is 0 Å². The molecule has 0 aliphatic heterocycles. The Morgan fingerprint density at radius 1 is 1.16 bits per heavy atom. The predicted octanol–water partition coefficient (Wildman–Crippen LogP) is 3.45. The zero-order valence-corrected chi connectivity index (χ0v) is 17.6. The van der Waals surface area contributed by atoms with E-state index in [1.165, 1.54) is 6.08 Å². The van der Waals surface area contributed by atoms with Gasteiger partial charge in [0.1, 0.15) is 12.4 Å². The molecule has 0 saturated carbocycles. The number of aromatic nitrogens is 2. The molecule has 0 radical (unpaired) electrons. The first-order valence-corrected chi connectivity index (χ1v) is 9.88. The number of nitrogens with one attached hydrogen (secondary N) is 1. The number of carbonyl (C=O) groups excluding carboxylic acids is 2. The average molecular weight is 419 g/mol. The second-order valence-corrected chi connectivity index (χ2v) is 6.89. The first kappa shape index (κ1) is 21.8. The van der Waals surface area contributed by atoms with Crippen molar-refractivity contribution >= 4 is 18.0 Å². The normalized spacial score (nSPS) is 10.8. The summed E-state index contributed by atoms with van der Waals surface area (Å²) in [4.78, 5) is 27.9. The van der Waals surface area contributed by atoms with Crippen molar-refractivity contribution in [2.75, 3.05) is 13.7 Å². The molecular weight excluding hydrogens is 394 g/mol. The number of hydrogen-bond donors (Lipinski definition) is 1. The Bertz CT molecular complexity index is 1040. The van der Waals surface area contributed by atoms with Gasteiger partial charge in [0.05, 0.1) is 19.9 Å². The lowest BCUT2D eigenvalue weighted by molar-refractivity contribution is -0.144. The van der Waals surface area contributed by atoms with Gasteiger partial charge in [-0.15, -0.1) is 0 Å². The van der Waals surface area contributed by atoms with Crippen LogP contribution in [0, 0.1) is 6.92 Å². The Balaban J connectivity index is 1.39. The van der Waals surface area contributed by atoms with Crippen molar-refractivity contribution in [1.82, 2.24) is 14.9 Å². The highest BCUT2D eigenvalue weighted by Crippen LogP contribution is 2.16. The number of esters is 1. The van der Waals surface area contributed by atoms with E-state index in [1.54, 1.807) is 25.7 Å². The summed E-state index contributed by atoms with van der Waals surface area (Å²) < 4.78 is 12.3. The molecule has 2 aromatic carbocycles. The van der Waals surface area contributed by atoms with E-state index >= 15 is 0 Å². The van der Waals surface area contributed by atoms with E-state index in [0.717, 1.165) is 28.1 Å². The number of imidazole rings is 1. The second-order valence-electron chi connectivity index (χ2n) is 6.89. The fourth-order valence-electron chi connectivity index (χ4n) is 2.88. The zero-order valence-electron chi connectivity index (χ0n) is 17.6. The number of benzene rings is 2. The molecule has 3 aromatic rings. The van der Waals surface area contributed by atoms with Crippen LogP contribution in [0.3, 0.4) is 0 Å². The fourth-order valence-corrected chi connectivity index (χ4v) is 2.88. The molecule has 0 fully saturated rings. The highest BCUT2D eigenvalue weighted by atomic mass is 16.5. The first-order chi connectivity index (χ1) is 15.0. The minimum atomic E-state index is -0.363. The fraction of sp³-hybridized carbons (Fsp3) is 0.208. The summed E-state index contributed by atoms with van der Waals surface area (Å²) in [5.41, 5.74) is 3.83. The quantitative estimate of drug-likeness (QED) is 0.424. The van der Waals surface area contributed by atoms with E-state index in [4.69, 9.17) is 9.47 Å². The summed E-state index contributed by atoms with van der Waals surface area (Å²) in [5, 5.41) is 2.68. The van der Waals surface area contributed by atoms with Crippen molar-refractivity contribution in [3.8, 4) is 11.4 Å². The van der Waals surface area contributed by atoms with Crippen LogP contribution in [0.2, 0.25) is 0 Å². The van der Waals surface area contributed by atoms with Crippen LogP contribution >= 0.6 is 0 Å². The molecule has 0 atom stereocenters. The van der Waals surface area contributed by atoms with Crippen LogP contribution in [0.4, 0.5) is 0 Å². The van der Waals surface area contributed by atoms with E-state index in [2.05, 4.69) is 10.3 Å². The number of aryl methyl sites for hydroxylation is 1. The van der Waals surface area contributed by atoms with Crippen molar-refractivity contribution in [2.45, 2.75) is 20.0 Å². The van der Waals surface area contributed by atoms with Gasteiger partial charge in [0.15, 0.2) is 0 Å². The van der Waals surface area contributed by atoms with Crippen LogP contribution in [0.1, 0.15) is 23.1 Å². The molecule has 7 nitrogen and oxygen atoms in total. The molecule has 7 heteroatoms. The first-order valence-electron chi connectivity index (χ1n) is 9.88. The summed E-state index contributed by atoms with van der Waals surface area (Å²) in [7, 11) is 1.60. The van der Waals surface area contributed by atoms with Gasteiger partial charge in [0.2, 0.25) is 5.91 Å². The maximum Gasteiger partial charge on any atom is 0.307 e. The molecule has 31 heavy (non-hydrogen) atoms. The molecular formula is C24H25N3O4. The van der Waals surface area contributed by atoms with Gasteiger partial charge in [0.25, 0.3) is 0 Å². The second kappa shape index (κ2) is 10.8. The molecule has 1 amide bonds. The minimum absolute atomic E-state index is 0.105. The number of carbonyl (C=O) groups is 2. The van der Waals surface area contributed by atoms with Crippen LogP contribution in [-0.4, -0.2) is 35.1 Å². The van der Waals surface area contributed by atoms with Crippen molar-refractivity contribution in [1.29, 1.82) is 0 Å². The van der Waals surface area contributed by atoms with Gasteiger partial charge >= 0.3 is 5.97 Å². The maximum atomic E-state index is 12.0. The number of methoxy groups -OCH3 is 1. The van der Waals surface area contributed by atoms with Crippen LogP contribution in [0.5, 0.6) is 5.75 Å². The smallest absolute Gasteiger partial charge is 0.307 e. The van der Waals surface area contributed by atoms with Crippen molar-refractivity contribution in [2.24, 2.45) is 0 Å². The lowest BCUT2D eigenvalue weighted by Gasteiger charge is -2.10. The van der Waals surface area contributed by atoms with Gasteiger partial charge in [-0.2, -0.15) is 0 Å². The third kappa shape index (κ3) is 6.57. The molecule has 1 heterocycles. The number of hydrogen-bond acceptors (Lipinski definition) is 5. The summed E-state index contributed by atoms with van der Waals surface area (Å²) in [6.45, 7) is 2.38. The molecule has 1 N–H and O–H groups in total.